The molecule has 0 aromatic heterocycles. The molecular weight excluding hydrogens is 280 g/mol. The minimum absolute atomic E-state index is 0.0354. The van der Waals surface area contributed by atoms with E-state index >= 15 is 0 Å². The van der Waals surface area contributed by atoms with Gasteiger partial charge in [-0.05, 0) is 39.0 Å². The lowest BCUT2D eigenvalue weighted by Crippen LogP contribution is -2.30. The van der Waals surface area contributed by atoms with Gasteiger partial charge in [-0.1, -0.05) is 0 Å². The van der Waals surface area contributed by atoms with Gasteiger partial charge in [-0.3, -0.25) is 4.79 Å². The standard InChI is InChI=1S/C13H20N2O4S/c1-5-14-13(16)11-8-10(6-7-12(11)19-4)20(17,18)15-9(2)3/h6-9,15H,5H2,1-4H3,(H,14,16). The third-order valence-electron chi connectivity index (χ3n) is 2.45. The maximum Gasteiger partial charge on any atom is 0.255 e. The number of methoxy groups -OCH3 is 1. The molecule has 0 aliphatic heterocycles. The molecule has 0 spiro atoms. The molecule has 0 heterocycles. The normalized spacial score (nSPS) is 11.4. The van der Waals surface area contributed by atoms with E-state index in [1.807, 2.05) is 0 Å². The predicted molar refractivity (Wildman–Crippen MR) is 76.5 cm³/mol. The first-order valence-electron chi connectivity index (χ1n) is 6.30. The van der Waals surface area contributed by atoms with Crippen molar-refractivity contribution in [3.05, 3.63) is 23.8 Å². The van der Waals surface area contributed by atoms with Crippen LogP contribution in [0, 0.1) is 0 Å². The molecule has 0 aliphatic carbocycles. The fourth-order valence-electron chi connectivity index (χ4n) is 1.67. The summed E-state index contributed by atoms with van der Waals surface area (Å²) < 4.78 is 31.7. The Labute approximate surface area is 119 Å². The molecule has 0 atom stereocenters. The van der Waals surface area contributed by atoms with Crippen molar-refractivity contribution in [3.63, 3.8) is 0 Å². The van der Waals surface area contributed by atoms with Gasteiger partial charge in [0, 0.05) is 12.6 Å². The largest absolute Gasteiger partial charge is 0.496 e. The first kappa shape index (κ1) is 16.5. The fourth-order valence-corrected chi connectivity index (χ4v) is 2.94. The number of hydrogen-bond donors (Lipinski definition) is 2. The van der Waals surface area contributed by atoms with Crippen molar-refractivity contribution >= 4 is 15.9 Å². The maximum absolute atomic E-state index is 12.1. The van der Waals surface area contributed by atoms with Crippen molar-refractivity contribution in [3.8, 4) is 5.75 Å². The summed E-state index contributed by atoms with van der Waals surface area (Å²) in [6.45, 7) is 5.69. The zero-order valence-electron chi connectivity index (χ0n) is 12.1. The summed E-state index contributed by atoms with van der Waals surface area (Å²) in [6.07, 6.45) is 0. The average molecular weight is 300 g/mol. The molecule has 20 heavy (non-hydrogen) atoms. The van der Waals surface area contributed by atoms with Crippen molar-refractivity contribution in [2.45, 2.75) is 31.7 Å². The van der Waals surface area contributed by atoms with E-state index < -0.39 is 10.0 Å². The van der Waals surface area contributed by atoms with Gasteiger partial charge >= 0.3 is 0 Å². The molecule has 2 N–H and O–H groups in total. The Morgan fingerprint density at radius 1 is 1.35 bits per heavy atom. The van der Waals surface area contributed by atoms with Gasteiger partial charge in [-0.25, -0.2) is 13.1 Å². The van der Waals surface area contributed by atoms with Crippen LogP contribution in [-0.2, 0) is 10.0 Å². The molecule has 1 amide bonds. The summed E-state index contributed by atoms with van der Waals surface area (Å²) in [5.41, 5.74) is 0.195. The van der Waals surface area contributed by atoms with Crippen molar-refractivity contribution in [2.24, 2.45) is 0 Å². The molecule has 1 aromatic carbocycles. The summed E-state index contributed by atoms with van der Waals surface area (Å²) in [5.74, 6) is -0.0367. The molecule has 0 unspecified atom stereocenters. The maximum atomic E-state index is 12.1. The van der Waals surface area contributed by atoms with Crippen LogP contribution in [0.15, 0.2) is 23.1 Å². The van der Waals surface area contributed by atoms with Crippen LogP contribution in [0.2, 0.25) is 0 Å². The lowest BCUT2D eigenvalue weighted by Gasteiger charge is -2.13. The summed E-state index contributed by atoms with van der Waals surface area (Å²) >= 11 is 0. The Morgan fingerprint density at radius 3 is 2.50 bits per heavy atom. The third kappa shape index (κ3) is 3.94. The number of amides is 1. The minimum atomic E-state index is -3.64. The Morgan fingerprint density at radius 2 is 2.00 bits per heavy atom. The Bertz CT molecular complexity index is 582. The highest BCUT2D eigenvalue weighted by molar-refractivity contribution is 7.89. The van der Waals surface area contributed by atoms with E-state index in [-0.39, 0.29) is 22.4 Å². The van der Waals surface area contributed by atoms with Gasteiger partial charge < -0.3 is 10.1 Å². The first-order chi connectivity index (χ1) is 9.31. The zero-order valence-corrected chi connectivity index (χ0v) is 12.9. The topological polar surface area (TPSA) is 84.5 Å². The van der Waals surface area contributed by atoms with Crippen molar-refractivity contribution in [2.75, 3.05) is 13.7 Å². The van der Waals surface area contributed by atoms with Gasteiger partial charge in [-0.15, -0.1) is 0 Å². The average Bonchev–Trinajstić information content (AvgIpc) is 2.36. The molecular formula is C13H20N2O4S. The van der Waals surface area contributed by atoms with E-state index in [1.165, 1.54) is 25.3 Å². The second kappa shape index (κ2) is 6.71. The fraction of sp³-hybridized carbons (Fsp3) is 0.462. The molecule has 6 nitrogen and oxygen atoms in total. The molecule has 0 bridgehead atoms. The number of hydrogen-bond acceptors (Lipinski definition) is 4. The summed E-state index contributed by atoms with van der Waals surface area (Å²) in [6, 6.07) is 3.97. The number of benzene rings is 1. The van der Waals surface area contributed by atoms with Crippen molar-refractivity contribution in [1.82, 2.24) is 10.0 Å². The van der Waals surface area contributed by atoms with Crippen LogP contribution in [0.4, 0.5) is 0 Å². The number of carbonyl (C=O) groups is 1. The Kier molecular flexibility index (Phi) is 5.52. The SMILES string of the molecule is CCNC(=O)c1cc(S(=O)(=O)NC(C)C)ccc1OC. The van der Waals surface area contributed by atoms with Gasteiger partial charge in [-0.2, -0.15) is 0 Å². The van der Waals surface area contributed by atoms with Crippen LogP contribution in [0.5, 0.6) is 5.75 Å². The highest BCUT2D eigenvalue weighted by Gasteiger charge is 2.20. The molecule has 0 radical (unpaired) electrons. The molecule has 0 saturated carbocycles. The number of rotatable bonds is 6. The van der Waals surface area contributed by atoms with Crippen LogP contribution in [-0.4, -0.2) is 34.0 Å². The van der Waals surface area contributed by atoms with Gasteiger partial charge in [0.15, 0.2) is 0 Å². The van der Waals surface area contributed by atoms with E-state index in [0.717, 1.165) is 0 Å². The quantitative estimate of drug-likeness (QED) is 0.825. The van der Waals surface area contributed by atoms with Crippen LogP contribution in [0.1, 0.15) is 31.1 Å². The lowest BCUT2D eigenvalue weighted by atomic mass is 10.2. The molecule has 0 fully saturated rings. The molecule has 112 valence electrons. The Hall–Kier alpha value is -1.60. The summed E-state index contributed by atoms with van der Waals surface area (Å²) in [7, 11) is -2.21. The van der Waals surface area contributed by atoms with E-state index in [9.17, 15) is 13.2 Å². The molecule has 7 heteroatoms. The monoisotopic (exact) mass is 300 g/mol. The first-order valence-corrected chi connectivity index (χ1v) is 7.78. The van der Waals surface area contributed by atoms with Crippen LogP contribution in [0.3, 0.4) is 0 Å². The molecule has 1 aromatic rings. The smallest absolute Gasteiger partial charge is 0.255 e. The highest BCUT2D eigenvalue weighted by Crippen LogP contribution is 2.22. The van der Waals surface area contributed by atoms with Gasteiger partial charge in [0.1, 0.15) is 5.75 Å². The number of nitrogens with one attached hydrogen (secondary N) is 2. The number of sulfonamides is 1. The van der Waals surface area contributed by atoms with Crippen LogP contribution in [0.25, 0.3) is 0 Å². The number of ether oxygens (including phenoxy) is 1. The van der Waals surface area contributed by atoms with Gasteiger partial charge in [0.05, 0.1) is 17.6 Å². The molecule has 0 saturated heterocycles. The second-order valence-corrected chi connectivity index (χ2v) is 6.21. The van der Waals surface area contributed by atoms with Crippen molar-refractivity contribution in [1.29, 1.82) is 0 Å². The van der Waals surface area contributed by atoms with Crippen LogP contribution < -0.4 is 14.8 Å². The van der Waals surface area contributed by atoms with E-state index in [2.05, 4.69) is 10.0 Å². The van der Waals surface area contributed by atoms with Crippen LogP contribution >= 0.6 is 0 Å². The third-order valence-corrected chi connectivity index (χ3v) is 4.11. The van der Waals surface area contributed by atoms with E-state index in [4.69, 9.17) is 4.74 Å². The summed E-state index contributed by atoms with van der Waals surface area (Å²) in [4.78, 5) is 12.0. The number of carbonyl (C=O) groups excluding carboxylic acids is 1. The van der Waals surface area contributed by atoms with Crippen molar-refractivity contribution < 1.29 is 17.9 Å². The Balaban J connectivity index is 3.26. The van der Waals surface area contributed by atoms with Gasteiger partial charge in [0.25, 0.3) is 5.91 Å². The molecule has 1 rings (SSSR count). The molecule has 0 aliphatic rings. The highest BCUT2D eigenvalue weighted by atomic mass is 32.2. The summed E-state index contributed by atoms with van der Waals surface area (Å²) in [5, 5.41) is 2.62. The van der Waals surface area contributed by atoms with E-state index in [1.54, 1.807) is 20.8 Å². The predicted octanol–water partition coefficient (Wildman–Crippen LogP) is 1.13. The zero-order chi connectivity index (χ0) is 15.3. The second-order valence-electron chi connectivity index (χ2n) is 4.50. The minimum Gasteiger partial charge on any atom is -0.496 e. The lowest BCUT2D eigenvalue weighted by molar-refractivity contribution is 0.0952. The van der Waals surface area contributed by atoms with Gasteiger partial charge in [0.2, 0.25) is 10.0 Å². The van der Waals surface area contributed by atoms with E-state index in [0.29, 0.717) is 12.3 Å².